The van der Waals surface area contributed by atoms with Gasteiger partial charge in [0.05, 0.1) is 5.69 Å². The van der Waals surface area contributed by atoms with Crippen LogP contribution in [0.3, 0.4) is 0 Å². The number of carbonyl (C=O) groups is 3. The zero-order chi connectivity index (χ0) is 12.4. The van der Waals surface area contributed by atoms with Crippen LogP contribution in [0, 0.1) is 0 Å². The molecular weight excluding hydrogens is 224 g/mol. The van der Waals surface area contributed by atoms with E-state index >= 15 is 0 Å². The molecule has 17 heavy (non-hydrogen) atoms. The Morgan fingerprint density at radius 1 is 1.29 bits per heavy atom. The van der Waals surface area contributed by atoms with Crippen molar-refractivity contribution in [3.8, 4) is 0 Å². The molecule has 0 bridgehead atoms. The van der Waals surface area contributed by atoms with Crippen LogP contribution in [-0.2, 0) is 14.3 Å². The SMILES string of the molecule is CC(=O)Nc1ccc(N2C(=O)COC2=O)cc1. The summed E-state index contributed by atoms with van der Waals surface area (Å²) in [5.41, 5.74) is 1.02. The number of hydrogen-bond donors (Lipinski definition) is 1. The Morgan fingerprint density at radius 3 is 2.41 bits per heavy atom. The van der Waals surface area contributed by atoms with Crippen LogP contribution >= 0.6 is 0 Å². The summed E-state index contributed by atoms with van der Waals surface area (Å²) in [5, 5.41) is 2.59. The zero-order valence-corrected chi connectivity index (χ0v) is 9.10. The van der Waals surface area contributed by atoms with Crippen molar-refractivity contribution in [2.24, 2.45) is 0 Å². The average molecular weight is 234 g/mol. The summed E-state index contributed by atoms with van der Waals surface area (Å²) in [5.74, 6) is -0.586. The number of ether oxygens (including phenoxy) is 1. The van der Waals surface area contributed by atoms with Gasteiger partial charge in [0.25, 0.3) is 5.91 Å². The summed E-state index contributed by atoms with van der Waals surface area (Å²) in [6.07, 6.45) is -0.678. The number of imide groups is 1. The number of rotatable bonds is 2. The largest absolute Gasteiger partial charge is 0.439 e. The lowest BCUT2D eigenvalue weighted by Crippen LogP contribution is -2.28. The number of benzene rings is 1. The number of nitrogens with one attached hydrogen (secondary N) is 1. The molecule has 1 fully saturated rings. The predicted octanol–water partition coefficient (Wildman–Crippen LogP) is 1.13. The smallest absolute Gasteiger partial charge is 0.421 e. The summed E-state index contributed by atoms with van der Waals surface area (Å²) in [6.45, 7) is 1.17. The van der Waals surface area contributed by atoms with Gasteiger partial charge in [0.15, 0.2) is 6.61 Å². The van der Waals surface area contributed by atoms with Gasteiger partial charge in [0, 0.05) is 12.6 Å². The van der Waals surface area contributed by atoms with Crippen LogP contribution < -0.4 is 10.2 Å². The van der Waals surface area contributed by atoms with Gasteiger partial charge in [-0.3, -0.25) is 9.59 Å². The van der Waals surface area contributed by atoms with Crippen molar-refractivity contribution in [1.82, 2.24) is 0 Å². The van der Waals surface area contributed by atoms with Crippen LogP contribution in [0.15, 0.2) is 24.3 Å². The van der Waals surface area contributed by atoms with Crippen LogP contribution in [0.25, 0.3) is 0 Å². The van der Waals surface area contributed by atoms with E-state index in [0.29, 0.717) is 11.4 Å². The minimum Gasteiger partial charge on any atom is -0.439 e. The fraction of sp³-hybridized carbons (Fsp3) is 0.182. The molecule has 88 valence electrons. The average Bonchev–Trinajstić information content (AvgIpc) is 2.59. The van der Waals surface area contributed by atoms with E-state index in [-0.39, 0.29) is 12.5 Å². The summed E-state index contributed by atoms with van der Waals surface area (Å²) in [7, 11) is 0. The predicted molar refractivity (Wildman–Crippen MR) is 59.6 cm³/mol. The van der Waals surface area contributed by atoms with Crippen molar-refractivity contribution in [3.63, 3.8) is 0 Å². The molecule has 6 heteroatoms. The van der Waals surface area contributed by atoms with Crippen molar-refractivity contribution in [1.29, 1.82) is 0 Å². The lowest BCUT2D eigenvalue weighted by atomic mass is 10.2. The molecule has 2 rings (SSSR count). The fourth-order valence-electron chi connectivity index (χ4n) is 1.50. The maximum absolute atomic E-state index is 11.4. The maximum atomic E-state index is 11.4. The lowest BCUT2D eigenvalue weighted by molar-refractivity contribution is -0.117. The monoisotopic (exact) mass is 234 g/mol. The highest BCUT2D eigenvalue weighted by atomic mass is 16.6. The number of anilines is 2. The highest BCUT2D eigenvalue weighted by Gasteiger charge is 2.32. The Bertz CT molecular complexity index is 465. The van der Waals surface area contributed by atoms with E-state index in [0.717, 1.165) is 4.90 Å². The second-order valence-electron chi connectivity index (χ2n) is 3.51. The normalized spacial score (nSPS) is 14.8. The van der Waals surface area contributed by atoms with E-state index in [1.54, 1.807) is 24.3 Å². The number of nitrogens with zero attached hydrogens (tertiary/aromatic N) is 1. The first-order valence-electron chi connectivity index (χ1n) is 4.95. The Labute approximate surface area is 97.2 Å². The number of hydrogen-bond acceptors (Lipinski definition) is 4. The van der Waals surface area contributed by atoms with Gasteiger partial charge < -0.3 is 10.1 Å². The summed E-state index contributed by atoms with van der Waals surface area (Å²) in [4.78, 5) is 34.4. The molecule has 1 N–H and O–H groups in total. The second-order valence-corrected chi connectivity index (χ2v) is 3.51. The molecule has 1 aliphatic heterocycles. The molecule has 1 aromatic rings. The van der Waals surface area contributed by atoms with Gasteiger partial charge in [0.2, 0.25) is 5.91 Å². The number of cyclic esters (lactones) is 1. The van der Waals surface area contributed by atoms with Gasteiger partial charge in [-0.25, -0.2) is 9.69 Å². The highest BCUT2D eigenvalue weighted by molar-refractivity contribution is 6.16. The van der Waals surface area contributed by atoms with Crippen LogP contribution in [0.2, 0.25) is 0 Å². The van der Waals surface area contributed by atoms with Crippen molar-refractivity contribution >= 4 is 29.3 Å². The van der Waals surface area contributed by atoms with Crippen molar-refractivity contribution in [2.45, 2.75) is 6.92 Å². The fourth-order valence-corrected chi connectivity index (χ4v) is 1.50. The van der Waals surface area contributed by atoms with Crippen molar-refractivity contribution < 1.29 is 19.1 Å². The molecule has 3 amide bonds. The van der Waals surface area contributed by atoms with Gasteiger partial charge in [-0.15, -0.1) is 0 Å². The summed E-state index contributed by atoms with van der Waals surface area (Å²) < 4.78 is 4.59. The van der Waals surface area contributed by atoms with Crippen LogP contribution in [-0.4, -0.2) is 24.5 Å². The minimum absolute atomic E-state index is 0.186. The van der Waals surface area contributed by atoms with E-state index in [1.807, 2.05) is 0 Å². The van der Waals surface area contributed by atoms with Crippen LogP contribution in [0.5, 0.6) is 0 Å². The van der Waals surface area contributed by atoms with Crippen LogP contribution in [0.1, 0.15) is 6.92 Å². The molecule has 0 aromatic heterocycles. The molecule has 0 unspecified atom stereocenters. The standard InChI is InChI=1S/C11H10N2O4/c1-7(14)12-8-2-4-9(5-3-8)13-10(15)6-17-11(13)16/h2-5H,6H2,1H3,(H,12,14). The van der Waals surface area contributed by atoms with Crippen molar-refractivity contribution in [3.05, 3.63) is 24.3 Å². The van der Waals surface area contributed by atoms with E-state index in [9.17, 15) is 14.4 Å². The third-order valence-corrected chi connectivity index (χ3v) is 2.20. The quantitative estimate of drug-likeness (QED) is 0.832. The van der Waals surface area contributed by atoms with Crippen LogP contribution in [0.4, 0.5) is 16.2 Å². The maximum Gasteiger partial charge on any atom is 0.421 e. The molecule has 1 heterocycles. The van der Waals surface area contributed by atoms with Gasteiger partial charge in [-0.05, 0) is 24.3 Å². The van der Waals surface area contributed by atoms with Gasteiger partial charge >= 0.3 is 6.09 Å². The van der Waals surface area contributed by atoms with E-state index in [2.05, 4.69) is 10.1 Å². The molecule has 0 aliphatic carbocycles. The topological polar surface area (TPSA) is 75.7 Å². The van der Waals surface area contributed by atoms with E-state index in [1.165, 1.54) is 6.92 Å². The molecule has 1 saturated heterocycles. The molecule has 0 radical (unpaired) electrons. The van der Waals surface area contributed by atoms with E-state index < -0.39 is 12.0 Å². The molecule has 0 atom stereocenters. The number of amides is 3. The molecule has 0 spiro atoms. The molecule has 6 nitrogen and oxygen atoms in total. The van der Waals surface area contributed by atoms with Gasteiger partial charge in [-0.2, -0.15) is 0 Å². The highest BCUT2D eigenvalue weighted by Crippen LogP contribution is 2.21. The van der Waals surface area contributed by atoms with E-state index in [4.69, 9.17) is 0 Å². The third-order valence-electron chi connectivity index (χ3n) is 2.20. The van der Waals surface area contributed by atoms with Gasteiger partial charge in [0.1, 0.15) is 0 Å². The first-order valence-corrected chi connectivity index (χ1v) is 4.95. The first kappa shape index (κ1) is 11.1. The minimum atomic E-state index is -0.678. The lowest BCUT2D eigenvalue weighted by Gasteiger charge is -2.11. The Kier molecular flexibility index (Phi) is 2.78. The third kappa shape index (κ3) is 2.25. The molecule has 0 saturated carbocycles. The Hall–Kier alpha value is -2.37. The number of carbonyl (C=O) groups excluding carboxylic acids is 3. The summed E-state index contributed by atoms with van der Waals surface area (Å²) >= 11 is 0. The molecule has 1 aromatic carbocycles. The zero-order valence-electron chi connectivity index (χ0n) is 9.10. The molecular formula is C11H10N2O4. The summed E-state index contributed by atoms with van der Waals surface area (Å²) in [6, 6.07) is 6.34. The first-order chi connectivity index (χ1) is 8.08. The van der Waals surface area contributed by atoms with Crippen molar-refractivity contribution in [2.75, 3.05) is 16.8 Å². The Balaban J connectivity index is 2.20. The van der Waals surface area contributed by atoms with Gasteiger partial charge in [-0.1, -0.05) is 0 Å². The second kappa shape index (κ2) is 4.25. The Morgan fingerprint density at radius 2 is 1.94 bits per heavy atom. The molecule has 1 aliphatic rings.